The summed E-state index contributed by atoms with van der Waals surface area (Å²) in [4.78, 5) is 11.4. The van der Waals surface area contributed by atoms with Crippen LogP contribution < -0.4 is 10.6 Å². The molecule has 3 N–H and O–H groups in total. The van der Waals surface area contributed by atoms with Gasteiger partial charge in [-0.1, -0.05) is 12.8 Å². The molecule has 2 fully saturated rings. The van der Waals surface area contributed by atoms with Gasteiger partial charge in [-0.25, -0.2) is 0 Å². The van der Waals surface area contributed by atoms with E-state index < -0.39 is 0 Å². The molecule has 4 nitrogen and oxygen atoms in total. The minimum absolute atomic E-state index is 0.0651. The molecule has 2 rings (SSSR count). The lowest BCUT2D eigenvalue weighted by Gasteiger charge is -2.28. The number of hydrogen-bond acceptors (Lipinski definition) is 3. The number of aliphatic hydroxyl groups excluding tert-OH is 1. The first-order chi connectivity index (χ1) is 7.25. The minimum atomic E-state index is -0.271. The molecule has 0 radical (unpaired) electrons. The fourth-order valence-electron chi connectivity index (χ4n) is 2.08. The quantitative estimate of drug-likeness (QED) is 0.622. The highest BCUT2D eigenvalue weighted by Gasteiger charge is 2.25. The van der Waals surface area contributed by atoms with Crippen LogP contribution in [0.15, 0.2) is 0 Å². The van der Waals surface area contributed by atoms with Crippen molar-refractivity contribution in [1.82, 2.24) is 10.6 Å². The van der Waals surface area contributed by atoms with Gasteiger partial charge in [-0.15, -0.1) is 0 Å². The summed E-state index contributed by atoms with van der Waals surface area (Å²) in [7, 11) is 0. The Morgan fingerprint density at radius 2 is 1.93 bits per heavy atom. The van der Waals surface area contributed by atoms with Crippen LogP contribution in [0, 0.1) is 0 Å². The van der Waals surface area contributed by atoms with Gasteiger partial charge >= 0.3 is 0 Å². The molecule has 1 amide bonds. The Morgan fingerprint density at radius 1 is 1.20 bits per heavy atom. The minimum Gasteiger partial charge on any atom is -0.392 e. The summed E-state index contributed by atoms with van der Waals surface area (Å²) in [6.45, 7) is 0.345. The van der Waals surface area contributed by atoms with Crippen LogP contribution in [-0.4, -0.2) is 35.7 Å². The molecule has 86 valence electrons. The monoisotopic (exact) mass is 212 g/mol. The standard InChI is InChI=1S/C11H20N2O2/c14-10-4-2-1-3-9(10)12-7-11(15)13-8-5-6-8/h8-10,12,14H,1-7H2,(H,13,15)/t9-,10-/m1/s1. The summed E-state index contributed by atoms with van der Waals surface area (Å²) >= 11 is 0. The molecule has 0 spiro atoms. The lowest BCUT2D eigenvalue weighted by Crippen LogP contribution is -2.46. The molecule has 0 aromatic heterocycles. The second-order valence-corrected chi connectivity index (χ2v) is 4.68. The van der Waals surface area contributed by atoms with Crippen molar-refractivity contribution in [3.05, 3.63) is 0 Å². The maximum absolute atomic E-state index is 11.4. The Labute approximate surface area is 90.4 Å². The molecular weight excluding hydrogens is 192 g/mol. The first-order valence-corrected chi connectivity index (χ1v) is 5.96. The van der Waals surface area contributed by atoms with Crippen LogP contribution in [0.1, 0.15) is 38.5 Å². The predicted molar refractivity (Wildman–Crippen MR) is 57.4 cm³/mol. The number of aliphatic hydroxyl groups is 1. The van der Waals surface area contributed by atoms with E-state index in [1.807, 2.05) is 0 Å². The Morgan fingerprint density at radius 3 is 2.60 bits per heavy atom. The van der Waals surface area contributed by atoms with Crippen LogP contribution in [-0.2, 0) is 4.79 Å². The molecule has 0 aliphatic heterocycles. The van der Waals surface area contributed by atoms with Crippen LogP contribution in [0.2, 0.25) is 0 Å². The molecule has 0 aromatic carbocycles. The SMILES string of the molecule is O=C(CN[C@@H]1CCCC[C@H]1O)NC1CC1. The maximum Gasteiger partial charge on any atom is 0.234 e. The molecule has 0 heterocycles. The van der Waals surface area contributed by atoms with E-state index in [2.05, 4.69) is 10.6 Å². The maximum atomic E-state index is 11.4. The van der Waals surface area contributed by atoms with Crippen LogP contribution in [0.3, 0.4) is 0 Å². The third kappa shape index (κ3) is 3.47. The van der Waals surface area contributed by atoms with E-state index in [1.165, 1.54) is 0 Å². The molecule has 0 unspecified atom stereocenters. The van der Waals surface area contributed by atoms with Gasteiger partial charge in [0.05, 0.1) is 12.6 Å². The molecule has 2 aliphatic rings. The van der Waals surface area contributed by atoms with Crippen molar-refractivity contribution in [1.29, 1.82) is 0 Å². The number of amides is 1. The summed E-state index contributed by atoms with van der Waals surface area (Å²) in [5.74, 6) is 0.0651. The summed E-state index contributed by atoms with van der Waals surface area (Å²) in [5.41, 5.74) is 0. The van der Waals surface area contributed by atoms with Crippen molar-refractivity contribution in [3.63, 3.8) is 0 Å². The molecule has 0 saturated heterocycles. The van der Waals surface area contributed by atoms with Crippen LogP contribution in [0.25, 0.3) is 0 Å². The van der Waals surface area contributed by atoms with Crippen molar-refractivity contribution in [3.8, 4) is 0 Å². The largest absolute Gasteiger partial charge is 0.392 e. The van der Waals surface area contributed by atoms with Gasteiger partial charge in [0.1, 0.15) is 0 Å². The Balaban J connectivity index is 1.64. The van der Waals surface area contributed by atoms with Gasteiger partial charge in [-0.05, 0) is 25.7 Å². The lowest BCUT2D eigenvalue weighted by atomic mass is 9.93. The fourth-order valence-corrected chi connectivity index (χ4v) is 2.08. The van der Waals surface area contributed by atoms with E-state index in [9.17, 15) is 9.90 Å². The van der Waals surface area contributed by atoms with Crippen LogP contribution in [0.5, 0.6) is 0 Å². The smallest absolute Gasteiger partial charge is 0.234 e. The molecule has 0 aromatic rings. The highest BCUT2D eigenvalue weighted by Crippen LogP contribution is 2.19. The second kappa shape index (κ2) is 4.94. The molecule has 2 saturated carbocycles. The van der Waals surface area contributed by atoms with Crippen molar-refractivity contribution < 1.29 is 9.90 Å². The molecular formula is C11H20N2O2. The molecule has 2 atom stereocenters. The van der Waals surface area contributed by atoms with Gasteiger partial charge in [0.2, 0.25) is 5.91 Å². The summed E-state index contributed by atoms with van der Waals surface area (Å²) < 4.78 is 0. The van der Waals surface area contributed by atoms with E-state index in [4.69, 9.17) is 0 Å². The molecule has 15 heavy (non-hydrogen) atoms. The van der Waals surface area contributed by atoms with Crippen LogP contribution >= 0.6 is 0 Å². The van der Waals surface area contributed by atoms with Crippen molar-refractivity contribution >= 4 is 5.91 Å². The highest BCUT2D eigenvalue weighted by molar-refractivity contribution is 5.78. The number of hydrogen-bond donors (Lipinski definition) is 3. The van der Waals surface area contributed by atoms with Gasteiger partial charge in [-0.2, -0.15) is 0 Å². The average Bonchev–Trinajstić information content (AvgIpc) is 3.00. The van der Waals surface area contributed by atoms with Crippen molar-refractivity contribution in [2.45, 2.75) is 56.7 Å². The van der Waals surface area contributed by atoms with E-state index >= 15 is 0 Å². The average molecular weight is 212 g/mol. The third-order valence-electron chi connectivity index (χ3n) is 3.20. The zero-order chi connectivity index (χ0) is 10.7. The van der Waals surface area contributed by atoms with Crippen molar-refractivity contribution in [2.24, 2.45) is 0 Å². The van der Waals surface area contributed by atoms with E-state index in [0.717, 1.165) is 38.5 Å². The first-order valence-electron chi connectivity index (χ1n) is 5.96. The van der Waals surface area contributed by atoms with Gasteiger partial charge in [0.25, 0.3) is 0 Å². The summed E-state index contributed by atoms with van der Waals surface area (Å²) in [6.07, 6.45) is 6.08. The first kappa shape index (κ1) is 10.9. The van der Waals surface area contributed by atoms with Gasteiger partial charge in [0.15, 0.2) is 0 Å². The highest BCUT2D eigenvalue weighted by atomic mass is 16.3. The Bertz CT molecular complexity index is 229. The summed E-state index contributed by atoms with van der Waals surface area (Å²) in [5, 5.41) is 15.7. The van der Waals surface area contributed by atoms with Gasteiger partial charge in [-0.3, -0.25) is 4.79 Å². The van der Waals surface area contributed by atoms with Crippen LogP contribution in [0.4, 0.5) is 0 Å². The zero-order valence-corrected chi connectivity index (χ0v) is 9.04. The Hall–Kier alpha value is -0.610. The lowest BCUT2D eigenvalue weighted by molar-refractivity contribution is -0.120. The zero-order valence-electron chi connectivity index (χ0n) is 9.04. The van der Waals surface area contributed by atoms with E-state index in [-0.39, 0.29) is 18.1 Å². The molecule has 2 aliphatic carbocycles. The second-order valence-electron chi connectivity index (χ2n) is 4.68. The Kier molecular flexibility index (Phi) is 3.59. The number of nitrogens with one attached hydrogen (secondary N) is 2. The topological polar surface area (TPSA) is 61.4 Å². The van der Waals surface area contributed by atoms with Gasteiger partial charge < -0.3 is 15.7 Å². The third-order valence-corrected chi connectivity index (χ3v) is 3.20. The molecule has 4 heteroatoms. The normalized spacial score (nSPS) is 31.3. The van der Waals surface area contributed by atoms with E-state index in [0.29, 0.717) is 12.6 Å². The van der Waals surface area contributed by atoms with Gasteiger partial charge in [0, 0.05) is 12.1 Å². The predicted octanol–water partition coefficient (Wildman–Crippen LogP) is 0.158. The number of carbonyl (C=O) groups excluding carboxylic acids is 1. The number of carbonyl (C=O) groups is 1. The fraction of sp³-hybridized carbons (Fsp3) is 0.909. The molecule has 0 bridgehead atoms. The summed E-state index contributed by atoms with van der Waals surface area (Å²) in [6, 6.07) is 0.541. The number of rotatable bonds is 4. The van der Waals surface area contributed by atoms with E-state index in [1.54, 1.807) is 0 Å². The van der Waals surface area contributed by atoms with Crippen molar-refractivity contribution in [2.75, 3.05) is 6.54 Å².